The highest BCUT2D eigenvalue weighted by atomic mass is 28.3. The molecule has 0 spiro atoms. The van der Waals surface area contributed by atoms with Crippen LogP contribution in [0.25, 0.3) is 22.6 Å². The number of likely N-dealkylation sites (N-methyl/N-ethyl adjacent to an activating group) is 1. The first-order valence-electron chi connectivity index (χ1n) is 14.9. The number of fused-ring (bicyclic) bond motifs is 3. The third-order valence-electron chi connectivity index (χ3n) is 9.24. The van der Waals surface area contributed by atoms with Gasteiger partial charge in [-0.05, 0) is 62.1 Å². The fourth-order valence-electron chi connectivity index (χ4n) is 6.26. The highest BCUT2D eigenvalue weighted by Gasteiger charge is 2.54. The summed E-state index contributed by atoms with van der Waals surface area (Å²) in [5.74, 6) is 0.294. The standard InChI is InChI=1S/C30H41FN6O4Si/c1-18(36-8-7-9-41-29(36)39)28(38)35(3)20-13-22(31)26-23(14-20)32-27(33-26)25-21-12-19-15-30(19,2)16-24(21)37(34-25)17-40-10-11-42(4,5)6/h13-14,18-19H,7-12,15-17H2,1-6H3,(H,32,33)/t18?,19-,30-/m1/s1. The van der Waals surface area contributed by atoms with Gasteiger partial charge in [0.25, 0.3) is 0 Å². The van der Waals surface area contributed by atoms with Crippen molar-refractivity contribution < 1.29 is 23.5 Å². The lowest BCUT2D eigenvalue weighted by Gasteiger charge is -2.33. The second-order valence-electron chi connectivity index (χ2n) is 13.7. The molecular formula is C30H41FN6O4Si. The number of halogens is 1. The Kier molecular flexibility index (Phi) is 7.20. The van der Waals surface area contributed by atoms with Crippen molar-refractivity contribution in [2.45, 2.75) is 78.0 Å². The summed E-state index contributed by atoms with van der Waals surface area (Å²) in [6.07, 6.45) is 3.22. The van der Waals surface area contributed by atoms with Crippen LogP contribution in [0.1, 0.15) is 37.9 Å². The Balaban J connectivity index is 1.28. The van der Waals surface area contributed by atoms with Gasteiger partial charge in [0, 0.05) is 45.2 Å². The smallest absolute Gasteiger partial charge is 0.410 e. The molecule has 1 N–H and O–H groups in total. The maximum Gasteiger partial charge on any atom is 0.410 e. The van der Waals surface area contributed by atoms with Gasteiger partial charge in [-0.1, -0.05) is 26.6 Å². The zero-order valence-electron chi connectivity index (χ0n) is 25.4. The zero-order valence-corrected chi connectivity index (χ0v) is 26.4. The molecule has 1 aliphatic heterocycles. The van der Waals surface area contributed by atoms with E-state index in [0.717, 1.165) is 30.1 Å². The molecule has 1 saturated carbocycles. The molecule has 3 atom stereocenters. The molecule has 1 aromatic carbocycles. The van der Waals surface area contributed by atoms with Crippen LogP contribution in [0.5, 0.6) is 0 Å². The molecule has 3 aromatic rings. The zero-order chi connectivity index (χ0) is 30.0. The highest BCUT2D eigenvalue weighted by molar-refractivity contribution is 6.76. The number of nitrogens with zero attached hydrogens (tertiary/aromatic N) is 5. The molecule has 1 saturated heterocycles. The number of aromatic nitrogens is 4. The number of carbonyl (C=O) groups is 2. The first-order valence-corrected chi connectivity index (χ1v) is 18.6. The maximum atomic E-state index is 15.4. The molecule has 10 nitrogen and oxygen atoms in total. The number of H-pyrrole nitrogens is 1. The third kappa shape index (κ3) is 5.34. The van der Waals surface area contributed by atoms with E-state index < -0.39 is 26.0 Å². The molecule has 2 amide bonds. The van der Waals surface area contributed by atoms with E-state index in [1.807, 2.05) is 4.68 Å². The van der Waals surface area contributed by atoms with E-state index in [9.17, 15) is 9.59 Å². The summed E-state index contributed by atoms with van der Waals surface area (Å²) >= 11 is 0. The predicted molar refractivity (Wildman–Crippen MR) is 161 cm³/mol. The minimum Gasteiger partial charge on any atom is -0.449 e. The molecule has 0 radical (unpaired) electrons. The summed E-state index contributed by atoms with van der Waals surface area (Å²) in [4.78, 5) is 36.1. The van der Waals surface area contributed by atoms with Gasteiger partial charge in [-0.15, -0.1) is 0 Å². The van der Waals surface area contributed by atoms with Gasteiger partial charge >= 0.3 is 6.09 Å². The number of carbonyl (C=O) groups excluding carboxylic acids is 2. The van der Waals surface area contributed by atoms with Crippen LogP contribution in [-0.2, 0) is 33.8 Å². The number of benzene rings is 1. The number of cyclic esters (lactones) is 1. The number of ether oxygens (including phenoxy) is 2. The predicted octanol–water partition coefficient (Wildman–Crippen LogP) is 5.20. The lowest BCUT2D eigenvalue weighted by Crippen LogP contribution is -2.51. The summed E-state index contributed by atoms with van der Waals surface area (Å²) in [6.45, 7) is 12.9. The Bertz CT molecular complexity index is 1550. The molecule has 3 aliphatic rings. The molecule has 6 rings (SSSR count). The van der Waals surface area contributed by atoms with Crippen molar-refractivity contribution in [2.75, 3.05) is 31.7 Å². The number of anilines is 1. The minimum absolute atomic E-state index is 0.268. The van der Waals surface area contributed by atoms with Gasteiger partial charge in [0.1, 0.15) is 24.0 Å². The summed E-state index contributed by atoms with van der Waals surface area (Å²) in [6, 6.07) is 3.36. The average Bonchev–Trinajstić information content (AvgIpc) is 3.23. The molecule has 226 valence electrons. The minimum atomic E-state index is -1.20. The first-order chi connectivity index (χ1) is 19.8. The van der Waals surface area contributed by atoms with E-state index in [0.29, 0.717) is 61.3 Å². The van der Waals surface area contributed by atoms with Gasteiger partial charge in [0.15, 0.2) is 11.6 Å². The van der Waals surface area contributed by atoms with Gasteiger partial charge < -0.3 is 19.4 Å². The summed E-state index contributed by atoms with van der Waals surface area (Å²) in [5.41, 5.74) is 4.44. The molecule has 2 fully saturated rings. The number of nitrogens with one attached hydrogen (secondary N) is 1. The van der Waals surface area contributed by atoms with Gasteiger partial charge in [0.05, 0.1) is 12.1 Å². The van der Waals surface area contributed by atoms with E-state index in [-0.39, 0.29) is 11.4 Å². The molecule has 42 heavy (non-hydrogen) atoms. The fraction of sp³-hybridized carbons (Fsp3) is 0.600. The monoisotopic (exact) mass is 596 g/mol. The van der Waals surface area contributed by atoms with Crippen LogP contribution in [0.15, 0.2) is 12.1 Å². The topological polar surface area (TPSA) is 106 Å². The van der Waals surface area contributed by atoms with Crippen molar-refractivity contribution in [3.05, 3.63) is 29.2 Å². The summed E-state index contributed by atoms with van der Waals surface area (Å²) in [7, 11) is 0.375. The third-order valence-corrected chi connectivity index (χ3v) is 10.9. The van der Waals surface area contributed by atoms with Crippen molar-refractivity contribution in [2.24, 2.45) is 11.3 Å². The van der Waals surface area contributed by atoms with Crippen molar-refractivity contribution in [1.82, 2.24) is 24.6 Å². The maximum absolute atomic E-state index is 15.4. The summed E-state index contributed by atoms with van der Waals surface area (Å²) < 4.78 is 28.6. The Labute approximate surface area is 246 Å². The van der Waals surface area contributed by atoms with Crippen LogP contribution in [0.2, 0.25) is 25.7 Å². The van der Waals surface area contributed by atoms with Crippen LogP contribution < -0.4 is 4.90 Å². The van der Waals surface area contributed by atoms with Gasteiger partial charge in [-0.3, -0.25) is 9.69 Å². The molecule has 3 heterocycles. The number of hydrogen-bond acceptors (Lipinski definition) is 6. The second-order valence-corrected chi connectivity index (χ2v) is 19.3. The number of hydrogen-bond donors (Lipinski definition) is 1. The van der Waals surface area contributed by atoms with Crippen LogP contribution in [0.4, 0.5) is 14.9 Å². The summed E-state index contributed by atoms with van der Waals surface area (Å²) in [5, 5.41) is 4.95. The largest absolute Gasteiger partial charge is 0.449 e. The molecule has 1 unspecified atom stereocenters. The molecule has 12 heteroatoms. The van der Waals surface area contributed by atoms with E-state index in [2.05, 4.69) is 31.5 Å². The fourth-order valence-corrected chi connectivity index (χ4v) is 7.02. The Morgan fingerprint density at radius 3 is 2.88 bits per heavy atom. The van der Waals surface area contributed by atoms with E-state index >= 15 is 4.39 Å². The Morgan fingerprint density at radius 2 is 2.14 bits per heavy atom. The van der Waals surface area contributed by atoms with Crippen molar-refractivity contribution >= 4 is 36.8 Å². The first kappa shape index (κ1) is 28.8. The van der Waals surface area contributed by atoms with E-state index in [1.54, 1.807) is 20.0 Å². The number of rotatable bonds is 9. The molecule has 2 aromatic heterocycles. The second kappa shape index (κ2) is 10.5. The van der Waals surface area contributed by atoms with Crippen molar-refractivity contribution in [3.63, 3.8) is 0 Å². The quantitative estimate of drug-likeness (QED) is 0.269. The molecule has 2 aliphatic carbocycles. The molecule has 0 bridgehead atoms. The van der Waals surface area contributed by atoms with Crippen LogP contribution in [0.3, 0.4) is 0 Å². The van der Waals surface area contributed by atoms with Crippen molar-refractivity contribution in [1.29, 1.82) is 0 Å². The van der Waals surface area contributed by atoms with Gasteiger partial charge in [-0.2, -0.15) is 5.10 Å². The van der Waals surface area contributed by atoms with Crippen molar-refractivity contribution in [3.8, 4) is 11.5 Å². The lowest BCUT2D eigenvalue weighted by molar-refractivity contribution is -0.123. The van der Waals surface area contributed by atoms with Crippen LogP contribution in [-0.4, -0.2) is 77.6 Å². The normalized spacial score (nSPS) is 22.5. The Morgan fingerprint density at radius 1 is 1.36 bits per heavy atom. The van der Waals surface area contributed by atoms with Crippen LogP contribution in [0, 0.1) is 17.2 Å². The molecular weight excluding hydrogens is 555 g/mol. The SMILES string of the molecule is CC(C(=O)N(C)c1cc(F)c2[nH]c(-c3nn(COCC[Si](C)(C)C)c4c3C[C@@H]3C[C@]3(C)C4)nc2c1)N1CCCOC1=O. The van der Waals surface area contributed by atoms with Gasteiger partial charge in [-0.25, -0.2) is 18.9 Å². The van der Waals surface area contributed by atoms with Crippen LogP contribution >= 0.6 is 0 Å². The van der Waals surface area contributed by atoms with Gasteiger partial charge in [0.2, 0.25) is 5.91 Å². The highest BCUT2D eigenvalue weighted by Crippen LogP contribution is 2.60. The van der Waals surface area contributed by atoms with E-state index in [1.165, 1.54) is 28.0 Å². The number of aromatic amines is 1. The average molecular weight is 597 g/mol. The van der Waals surface area contributed by atoms with E-state index in [4.69, 9.17) is 19.6 Å². The Hall–Kier alpha value is -3.25. The number of imidazole rings is 1. The lowest BCUT2D eigenvalue weighted by atomic mass is 9.87. The number of amides is 2.